The molecule has 0 aliphatic rings. The van der Waals surface area contributed by atoms with Crippen molar-refractivity contribution in [1.82, 2.24) is 25.1 Å². The maximum absolute atomic E-state index is 14.2. The second-order valence-corrected chi connectivity index (χ2v) is 6.89. The van der Waals surface area contributed by atoms with Crippen molar-refractivity contribution in [3.05, 3.63) is 53.2 Å². The molecule has 3 N–H and O–H groups in total. The van der Waals surface area contributed by atoms with Crippen molar-refractivity contribution in [1.29, 1.82) is 0 Å². The number of aromatic nitrogens is 5. The number of nitrogens with one attached hydrogen (secondary N) is 1. The minimum atomic E-state index is -0.487. The van der Waals surface area contributed by atoms with Gasteiger partial charge in [0, 0.05) is 17.7 Å². The number of hydrogen-bond acceptors (Lipinski definition) is 6. The molecule has 4 rings (SSSR count). The topological polar surface area (TPSA) is 107 Å². The quantitative estimate of drug-likeness (QED) is 0.516. The van der Waals surface area contributed by atoms with Gasteiger partial charge in [-0.05, 0) is 24.3 Å². The standard InChI is InChI=1S/C19H16ClFN6O/c1-9(2)17-26-19(28-27-17)13-7-6-10(8-23-13)15-16(22)25-18(24-15)14-11(20)4-3-5-12(14)21/h3-9H,22H2,1-2H3,(H,24,25). The summed E-state index contributed by atoms with van der Waals surface area (Å²) in [7, 11) is 0. The van der Waals surface area contributed by atoms with Gasteiger partial charge >= 0.3 is 0 Å². The molecule has 0 atom stereocenters. The predicted molar refractivity (Wildman–Crippen MR) is 104 cm³/mol. The van der Waals surface area contributed by atoms with Crippen molar-refractivity contribution in [2.45, 2.75) is 19.8 Å². The zero-order valence-corrected chi connectivity index (χ0v) is 15.8. The van der Waals surface area contributed by atoms with Crippen LogP contribution in [0.25, 0.3) is 34.2 Å². The Kier molecular flexibility index (Phi) is 4.56. The summed E-state index contributed by atoms with van der Waals surface area (Å²) in [4.78, 5) is 15.9. The van der Waals surface area contributed by atoms with E-state index >= 15 is 0 Å². The van der Waals surface area contributed by atoms with Crippen LogP contribution in [0.1, 0.15) is 25.6 Å². The molecule has 0 aliphatic heterocycles. The van der Waals surface area contributed by atoms with Crippen LogP contribution in [-0.4, -0.2) is 25.1 Å². The molecule has 3 heterocycles. The Morgan fingerprint density at radius 1 is 1.18 bits per heavy atom. The third kappa shape index (κ3) is 3.22. The molecule has 0 bridgehead atoms. The maximum atomic E-state index is 14.2. The molecule has 0 fully saturated rings. The molecule has 0 saturated heterocycles. The van der Waals surface area contributed by atoms with Crippen molar-refractivity contribution in [3.63, 3.8) is 0 Å². The summed E-state index contributed by atoms with van der Waals surface area (Å²) in [5.74, 6) is 1.09. The summed E-state index contributed by atoms with van der Waals surface area (Å²) >= 11 is 6.11. The first-order chi connectivity index (χ1) is 13.4. The number of halogens is 2. The van der Waals surface area contributed by atoms with Crippen molar-refractivity contribution >= 4 is 17.4 Å². The lowest BCUT2D eigenvalue weighted by Crippen LogP contribution is -1.91. The summed E-state index contributed by atoms with van der Waals surface area (Å²) in [6.45, 7) is 3.96. The molecule has 0 aliphatic carbocycles. The lowest BCUT2D eigenvalue weighted by molar-refractivity contribution is 0.418. The minimum Gasteiger partial charge on any atom is -0.382 e. The van der Waals surface area contributed by atoms with E-state index in [1.165, 1.54) is 12.1 Å². The molecule has 0 spiro atoms. The van der Waals surface area contributed by atoms with Crippen LogP contribution in [0.15, 0.2) is 41.1 Å². The van der Waals surface area contributed by atoms with Crippen LogP contribution in [0.4, 0.5) is 10.2 Å². The van der Waals surface area contributed by atoms with Gasteiger partial charge in [0.2, 0.25) is 0 Å². The highest BCUT2D eigenvalue weighted by Gasteiger charge is 2.18. The summed E-state index contributed by atoms with van der Waals surface area (Å²) in [5.41, 5.74) is 7.92. The average Bonchev–Trinajstić information content (AvgIpc) is 3.29. The van der Waals surface area contributed by atoms with E-state index in [2.05, 4.69) is 25.1 Å². The first-order valence-electron chi connectivity index (χ1n) is 8.54. The fourth-order valence-electron chi connectivity index (χ4n) is 2.69. The Morgan fingerprint density at radius 3 is 2.64 bits per heavy atom. The largest absolute Gasteiger partial charge is 0.382 e. The third-order valence-corrected chi connectivity index (χ3v) is 4.48. The van der Waals surface area contributed by atoms with Crippen LogP contribution in [-0.2, 0) is 0 Å². The Balaban J connectivity index is 1.67. The van der Waals surface area contributed by atoms with E-state index < -0.39 is 5.82 Å². The second kappa shape index (κ2) is 7.05. The molecule has 9 heteroatoms. The molecular formula is C19H16ClFN6O. The van der Waals surface area contributed by atoms with E-state index in [0.717, 1.165) is 0 Å². The third-order valence-electron chi connectivity index (χ3n) is 4.16. The molecule has 7 nitrogen and oxygen atoms in total. The van der Waals surface area contributed by atoms with Crippen molar-refractivity contribution < 1.29 is 8.91 Å². The molecule has 3 aromatic heterocycles. The van der Waals surface area contributed by atoms with Crippen LogP contribution in [0.2, 0.25) is 5.02 Å². The number of aromatic amines is 1. The fourth-order valence-corrected chi connectivity index (χ4v) is 2.94. The highest BCUT2D eigenvalue weighted by atomic mass is 35.5. The molecule has 0 saturated carbocycles. The number of nitrogens with two attached hydrogens (primary N) is 1. The van der Waals surface area contributed by atoms with Gasteiger partial charge in [0.1, 0.15) is 23.2 Å². The van der Waals surface area contributed by atoms with Gasteiger partial charge in [0.05, 0.1) is 16.3 Å². The zero-order valence-electron chi connectivity index (χ0n) is 15.1. The average molecular weight is 399 g/mol. The van der Waals surface area contributed by atoms with Gasteiger partial charge in [-0.15, -0.1) is 0 Å². The van der Waals surface area contributed by atoms with Crippen LogP contribution >= 0.6 is 11.6 Å². The summed E-state index contributed by atoms with van der Waals surface area (Å²) < 4.78 is 19.4. The van der Waals surface area contributed by atoms with Gasteiger partial charge < -0.3 is 15.2 Å². The highest BCUT2D eigenvalue weighted by molar-refractivity contribution is 6.33. The smallest absolute Gasteiger partial charge is 0.276 e. The summed E-state index contributed by atoms with van der Waals surface area (Å²) in [5, 5.41) is 4.17. The molecule has 0 amide bonds. The molecule has 142 valence electrons. The number of nitrogen functional groups attached to an aromatic ring is 1. The van der Waals surface area contributed by atoms with Gasteiger partial charge in [-0.2, -0.15) is 4.98 Å². The lowest BCUT2D eigenvalue weighted by atomic mass is 10.2. The van der Waals surface area contributed by atoms with Crippen LogP contribution in [0, 0.1) is 5.82 Å². The molecule has 4 aromatic rings. The number of imidazole rings is 1. The molecular weight excluding hydrogens is 383 g/mol. The first kappa shape index (κ1) is 18.1. The number of hydrogen-bond donors (Lipinski definition) is 2. The number of pyridine rings is 1. The number of benzene rings is 1. The maximum Gasteiger partial charge on any atom is 0.276 e. The van der Waals surface area contributed by atoms with E-state index in [0.29, 0.717) is 28.7 Å². The predicted octanol–water partition coefficient (Wildman–Crippen LogP) is 4.69. The Labute approximate surface area is 164 Å². The molecule has 0 radical (unpaired) electrons. The summed E-state index contributed by atoms with van der Waals surface area (Å²) in [6.07, 6.45) is 1.60. The lowest BCUT2D eigenvalue weighted by Gasteiger charge is -2.02. The van der Waals surface area contributed by atoms with E-state index in [-0.39, 0.29) is 28.1 Å². The van der Waals surface area contributed by atoms with Gasteiger partial charge in [0.15, 0.2) is 5.82 Å². The second-order valence-electron chi connectivity index (χ2n) is 6.49. The Hall–Kier alpha value is -3.26. The number of rotatable bonds is 4. The summed E-state index contributed by atoms with van der Waals surface area (Å²) in [6, 6.07) is 7.96. The number of anilines is 1. The van der Waals surface area contributed by atoms with E-state index in [1.807, 2.05) is 13.8 Å². The monoisotopic (exact) mass is 398 g/mol. The normalized spacial score (nSPS) is 11.3. The van der Waals surface area contributed by atoms with Gasteiger partial charge in [-0.3, -0.25) is 4.98 Å². The van der Waals surface area contributed by atoms with Gasteiger partial charge in [-0.1, -0.05) is 36.7 Å². The van der Waals surface area contributed by atoms with Gasteiger partial charge in [0.25, 0.3) is 5.89 Å². The zero-order chi connectivity index (χ0) is 19.8. The van der Waals surface area contributed by atoms with Crippen molar-refractivity contribution in [2.75, 3.05) is 5.73 Å². The Morgan fingerprint density at radius 2 is 2.00 bits per heavy atom. The SMILES string of the molecule is CC(C)c1noc(-c2ccc(-c3[nH]c(-c4c(F)cccc4Cl)nc3N)cn2)n1. The fraction of sp³-hybridized carbons (Fsp3) is 0.158. The number of H-pyrrole nitrogens is 1. The van der Waals surface area contributed by atoms with Crippen LogP contribution < -0.4 is 5.73 Å². The first-order valence-corrected chi connectivity index (χ1v) is 8.92. The van der Waals surface area contributed by atoms with Crippen molar-refractivity contribution in [2.24, 2.45) is 0 Å². The Bertz CT molecular complexity index is 1120. The van der Waals surface area contributed by atoms with E-state index in [4.69, 9.17) is 21.9 Å². The van der Waals surface area contributed by atoms with Crippen molar-refractivity contribution in [3.8, 4) is 34.2 Å². The number of nitrogens with zero attached hydrogens (tertiary/aromatic N) is 4. The molecule has 28 heavy (non-hydrogen) atoms. The van der Waals surface area contributed by atoms with E-state index in [1.54, 1.807) is 24.4 Å². The van der Waals surface area contributed by atoms with E-state index in [9.17, 15) is 4.39 Å². The molecule has 1 aromatic carbocycles. The van der Waals surface area contributed by atoms with Crippen LogP contribution in [0.5, 0.6) is 0 Å². The van der Waals surface area contributed by atoms with Gasteiger partial charge in [-0.25, -0.2) is 9.37 Å². The highest BCUT2D eigenvalue weighted by Crippen LogP contribution is 2.33. The molecule has 0 unspecified atom stereocenters. The van der Waals surface area contributed by atoms with Crippen LogP contribution in [0.3, 0.4) is 0 Å². The minimum absolute atomic E-state index is 0.158.